The van der Waals surface area contributed by atoms with Gasteiger partial charge < -0.3 is 20.3 Å². The van der Waals surface area contributed by atoms with E-state index in [4.69, 9.17) is 4.74 Å². The van der Waals surface area contributed by atoms with Gasteiger partial charge in [-0.15, -0.1) is 0 Å². The molecule has 0 radical (unpaired) electrons. The molecule has 0 aliphatic heterocycles. The number of unbranched alkanes of at least 4 members (excludes halogenated alkanes) is 2. The van der Waals surface area contributed by atoms with E-state index in [2.05, 4.69) is 24.5 Å². The van der Waals surface area contributed by atoms with Crippen LogP contribution in [-0.4, -0.2) is 47.0 Å². The van der Waals surface area contributed by atoms with Crippen LogP contribution in [0.3, 0.4) is 0 Å². The van der Waals surface area contributed by atoms with Gasteiger partial charge in [-0.2, -0.15) is 0 Å². The molecule has 1 aliphatic rings. The Morgan fingerprint density at radius 1 is 1.14 bits per heavy atom. The van der Waals surface area contributed by atoms with E-state index in [0.717, 1.165) is 42.4 Å². The molecular formula is C30H49N3O4. The zero-order valence-electron chi connectivity index (χ0n) is 24.4. The summed E-state index contributed by atoms with van der Waals surface area (Å²) in [5, 5.41) is 5.93. The summed E-state index contributed by atoms with van der Waals surface area (Å²) in [5.74, 6) is 0.0383. The maximum Gasteiger partial charge on any atom is 0.408 e. The number of alkyl carbamates (subject to hydrolysis) is 1. The number of hydrogen-bond donors (Lipinski definition) is 2. The third-order valence-electron chi connectivity index (χ3n) is 6.71. The Labute approximate surface area is 224 Å². The quantitative estimate of drug-likeness (QED) is 0.343. The number of nitrogens with zero attached hydrogens (tertiary/aromatic N) is 1. The smallest absolute Gasteiger partial charge is 0.408 e. The summed E-state index contributed by atoms with van der Waals surface area (Å²) in [7, 11) is 0. The molecular weight excluding hydrogens is 466 g/mol. The van der Waals surface area contributed by atoms with E-state index in [0.29, 0.717) is 13.0 Å². The molecule has 1 aromatic carbocycles. The third-order valence-corrected chi connectivity index (χ3v) is 6.71. The highest BCUT2D eigenvalue weighted by molar-refractivity contribution is 5.93. The first-order valence-electron chi connectivity index (χ1n) is 13.9. The monoisotopic (exact) mass is 515 g/mol. The van der Waals surface area contributed by atoms with E-state index in [-0.39, 0.29) is 29.7 Å². The molecule has 0 saturated heterocycles. The van der Waals surface area contributed by atoms with Gasteiger partial charge in [0.15, 0.2) is 0 Å². The Balaban J connectivity index is 2.49. The lowest BCUT2D eigenvalue weighted by Crippen LogP contribution is -2.54. The molecule has 0 aromatic heterocycles. The van der Waals surface area contributed by atoms with Gasteiger partial charge in [0, 0.05) is 12.6 Å². The van der Waals surface area contributed by atoms with Crippen LogP contribution < -0.4 is 10.6 Å². The van der Waals surface area contributed by atoms with Gasteiger partial charge in [-0.1, -0.05) is 64.3 Å². The highest BCUT2D eigenvalue weighted by atomic mass is 16.6. The highest BCUT2D eigenvalue weighted by Crippen LogP contribution is 2.41. The van der Waals surface area contributed by atoms with Crippen molar-refractivity contribution in [3.63, 3.8) is 0 Å². The van der Waals surface area contributed by atoms with E-state index in [1.54, 1.807) is 25.7 Å². The topological polar surface area (TPSA) is 87.7 Å². The summed E-state index contributed by atoms with van der Waals surface area (Å²) in [6.45, 7) is 18.2. The van der Waals surface area contributed by atoms with Crippen molar-refractivity contribution in [3.05, 3.63) is 34.9 Å². The van der Waals surface area contributed by atoms with Gasteiger partial charge in [0.05, 0.1) is 0 Å². The summed E-state index contributed by atoms with van der Waals surface area (Å²) in [4.78, 5) is 42.5. The lowest BCUT2D eigenvalue weighted by Gasteiger charge is -2.36. The van der Waals surface area contributed by atoms with Crippen LogP contribution >= 0.6 is 0 Å². The predicted octanol–water partition coefficient (Wildman–Crippen LogP) is 5.83. The fourth-order valence-electron chi connectivity index (χ4n) is 4.65. The van der Waals surface area contributed by atoms with Crippen LogP contribution in [-0.2, 0) is 14.3 Å². The molecule has 1 aromatic rings. The summed E-state index contributed by atoms with van der Waals surface area (Å²) < 4.78 is 5.48. The molecule has 7 heteroatoms. The molecule has 208 valence electrons. The van der Waals surface area contributed by atoms with Crippen LogP contribution in [0.25, 0.3) is 0 Å². The number of rotatable bonds is 12. The molecule has 37 heavy (non-hydrogen) atoms. The number of amides is 3. The van der Waals surface area contributed by atoms with Crippen molar-refractivity contribution in [2.24, 2.45) is 11.8 Å². The van der Waals surface area contributed by atoms with Gasteiger partial charge in [-0.05, 0) is 76.8 Å². The van der Waals surface area contributed by atoms with Crippen LogP contribution in [0, 0.1) is 25.7 Å². The van der Waals surface area contributed by atoms with Crippen molar-refractivity contribution in [1.29, 1.82) is 0 Å². The largest absolute Gasteiger partial charge is 0.444 e. The van der Waals surface area contributed by atoms with Crippen LogP contribution in [0.15, 0.2) is 18.2 Å². The lowest BCUT2D eigenvalue weighted by atomic mass is 9.94. The van der Waals surface area contributed by atoms with Crippen molar-refractivity contribution in [2.75, 3.05) is 6.54 Å². The van der Waals surface area contributed by atoms with Gasteiger partial charge in [0.2, 0.25) is 11.8 Å². The summed E-state index contributed by atoms with van der Waals surface area (Å²) in [6, 6.07) is 4.42. The molecule has 0 spiro atoms. The Morgan fingerprint density at radius 3 is 2.32 bits per heavy atom. The van der Waals surface area contributed by atoms with E-state index in [9.17, 15) is 14.4 Å². The fourth-order valence-corrected chi connectivity index (χ4v) is 4.65. The minimum absolute atomic E-state index is 0.0612. The molecule has 1 aliphatic carbocycles. The van der Waals surface area contributed by atoms with Gasteiger partial charge in [0.1, 0.15) is 17.7 Å². The van der Waals surface area contributed by atoms with Gasteiger partial charge in [-0.25, -0.2) is 4.79 Å². The molecule has 1 fully saturated rings. The Bertz CT molecular complexity index is 937. The molecule has 4 atom stereocenters. The standard InChI is InChI=1S/C30H49N3O4/c1-10-11-12-15-31-27(34)26(23-17-20(4)13-14-21(23)5)33(25-18-22(25)6)28(35)24(16-19(2)3)32-29(36)37-30(7,8)9/h13-14,17,19,22,24-26H,10-12,15-16,18H2,1-9H3,(H,31,34)(H,32,36). The summed E-state index contributed by atoms with van der Waals surface area (Å²) in [5.41, 5.74) is 2.15. The number of carbonyl (C=O) groups is 3. The highest BCUT2D eigenvalue weighted by Gasteiger charge is 2.48. The molecule has 0 heterocycles. The van der Waals surface area contributed by atoms with Crippen molar-refractivity contribution in [3.8, 4) is 0 Å². The van der Waals surface area contributed by atoms with Gasteiger partial charge >= 0.3 is 6.09 Å². The zero-order chi connectivity index (χ0) is 27.9. The minimum Gasteiger partial charge on any atom is -0.444 e. The Kier molecular flexibility index (Phi) is 11.0. The number of aryl methyl sites for hydroxylation is 2. The number of hydrogen-bond acceptors (Lipinski definition) is 4. The van der Waals surface area contributed by atoms with Gasteiger partial charge in [0.25, 0.3) is 0 Å². The zero-order valence-corrected chi connectivity index (χ0v) is 24.4. The fraction of sp³-hybridized carbons (Fsp3) is 0.700. The van der Waals surface area contributed by atoms with Crippen molar-refractivity contribution in [1.82, 2.24) is 15.5 Å². The van der Waals surface area contributed by atoms with Crippen LogP contribution in [0.1, 0.15) is 103 Å². The summed E-state index contributed by atoms with van der Waals surface area (Å²) in [6.07, 6.45) is 3.65. The second-order valence-corrected chi connectivity index (χ2v) is 12.1. The predicted molar refractivity (Wildman–Crippen MR) is 148 cm³/mol. The molecule has 4 unspecified atom stereocenters. The first-order valence-corrected chi connectivity index (χ1v) is 13.9. The number of benzene rings is 1. The van der Waals surface area contributed by atoms with Gasteiger partial charge in [-0.3, -0.25) is 9.59 Å². The van der Waals surface area contributed by atoms with Crippen LogP contribution in [0.2, 0.25) is 0 Å². The average Bonchev–Trinajstić information content (AvgIpc) is 3.50. The van der Waals surface area contributed by atoms with E-state index < -0.39 is 23.8 Å². The van der Waals surface area contributed by atoms with E-state index >= 15 is 0 Å². The Hall–Kier alpha value is -2.57. The number of nitrogens with one attached hydrogen (secondary N) is 2. The molecule has 1 saturated carbocycles. The first kappa shape index (κ1) is 30.7. The van der Waals surface area contributed by atoms with Crippen LogP contribution in [0.4, 0.5) is 4.79 Å². The second-order valence-electron chi connectivity index (χ2n) is 12.1. The first-order chi connectivity index (χ1) is 17.2. The summed E-state index contributed by atoms with van der Waals surface area (Å²) >= 11 is 0. The third kappa shape index (κ3) is 9.35. The van der Waals surface area contributed by atoms with Crippen molar-refractivity contribution >= 4 is 17.9 Å². The Morgan fingerprint density at radius 2 is 1.78 bits per heavy atom. The van der Waals surface area contributed by atoms with E-state index in [1.807, 2.05) is 45.9 Å². The molecule has 7 nitrogen and oxygen atoms in total. The second kappa shape index (κ2) is 13.3. The van der Waals surface area contributed by atoms with Crippen molar-refractivity contribution < 1.29 is 19.1 Å². The average molecular weight is 516 g/mol. The lowest BCUT2D eigenvalue weighted by molar-refractivity contribution is -0.143. The maximum atomic E-state index is 14.3. The maximum absolute atomic E-state index is 14.3. The molecule has 3 amide bonds. The molecule has 2 N–H and O–H groups in total. The normalized spacial score (nSPS) is 18.6. The molecule has 0 bridgehead atoms. The number of ether oxygens (including phenoxy) is 1. The van der Waals surface area contributed by atoms with Crippen LogP contribution in [0.5, 0.6) is 0 Å². The minimum atomic E-state index is -0.789. The molecule has 2 rings (SSSR count). The van der Waals surface area contributed by atoms with Crippen molar-refractivity contribution in [2.45, 2.75) is 118 Å². The SMILES string of the molecule is CCCCCNC(=O)C(c1cc(C)ccc1C)N(C(=O)C(CC(C)C)NC(=O)OC(C)(C)C)C1CC1C. The van der Waals surface area contributed by atoms with E-state index in [1.165, 1.54) is 0 Å². The number of carbonyl (C=O) groups excluding carboxylic acids is 3.